The Kier molecular flexibility index (Phi) is 7.91. The van der Waals surface area contributed by atoms with Crippen LogP contribution in [0.5, 0.6) is 5.75 Å². The minimum Gasteiger partial charge on any atom is -0.462 e. The van der Waals surface area contributed by atoms with Crippen molar-refractivity contribution in [2.75, 3.05) is 5.32 Å². The summed E-state index contributed by atoms with van der Waals surface area (Å²) in [5, 5.41) is 9.45. The smallest absolute Gasteiger partial charge is 0.257 e. The molecule has 0 radical (unpaired) electrons. The number of thiocarbonyl (C=S) groups is 1. The third-order valence-electron chi connectivity index (χ3n) is 4.30. The Bertz CT molecular complexity index is 950. The Balaban J connectivity index is 2.29. The molecular formula is C22H26N4O2S. The highest BCUT2D eigenvalue weighted by atomic mass is 32.1. The Morgan fingerprint density at radius 3 is 2.55 bits per heavy atom. The molecule has 0 aliphatic carbocycles. The minimum atomic E-state index is -0.370. The number of hydrogen-bond donors (Lipinski definition) is 3. The molecule has 0 bridgehead atoms. The molecule has 3 N–H and O–H groups in total. The summed E-state index contributed by atoms with van der Waals surface area (Å²) in [5.41, 5.74) is 7.02. The number of hydrazone groups is 1. The standard InChI is InChI=1S/C22H26N4O2S/c1-14(2)16(4)28-20-11-18(21(27)25-22(29)26-23-5)10-19(12-20)24-13-17-9-7-6-8-15(17)3/h6-12,24H,5,13H2,1-4H3,(H2,25,26,27,29). The molecule has 0 aliphatic heterocycles. The minimum absolute atomic E-state index is 0.0752. The molecule has 0 aliphatic rings. The molecule has 0 aromatic heterocycles. The molecule has 0 spiro atoms. The number of nitrogens with one attached hydrogen (secondary N) is 3. The van der Waals surface area contributed by atoms with Gasteiger partial charge in [0.25, 0.3) is 5.91 Å². The van der Waals surface area contributed by atoms with Crippen molar-refractivity contribution in [3.8, 4) is 5.75 Å². The van der Waals surface area contributed by atoms with Gasteiger partial charge in [-0.15, -0.1) is 0 Å². The summed E-state index contributed by atoms with van der Waals surface area (Å²) in [6, 6.07) is 13.4. The number of aryl methyl sites for hydroxylation is 1. The van der Waals surface area contributed by atoms with Gasteiger partial charge < -0.3 is 10.1 Å². The van der Waals surface area contributed by atoms with Crippen LogP contribution in [0.25, 0.3) is 0 Å². The number of benzene rings is 2. The normalized spacial score (nSPS) is 9.93. The van der Waals surface area contributed by atoms with Crippen LogP contribution < -0.4 is 20.8 Å². The SMILES string of the molecule is C=NNC(=S)NC(=O)c1cc(NCc2ccccc2C)cc(OC(C)=C(C)C)c1. The maximum Gasteiger partial charge on any atom is 0.257 e. The van der Waals surface area contributed by atoms with Crippen molar-refractivity contribution in [2.24, 2.45) is 5.10 Å². The third kappa shape index (κ3) is 6.73. The fraction of sp³-hybridized carbons (Fsp3) is 0.227. The Morgan fingerprint density at radius 2 is 1.90 bits per heavy atom. The molecule has 29 heavy (non-hydrogen) atoms. The van der Waals surface area contributed by atoms with E-state index in [1.807, 2.05) is 39.0 Å². The number of amides is 1. The zero-order valence-electron chi connectivity index (χ0n) is 17.1. The van der Waals surface area contributed by atoms with Gasteiger partial charge in [-0.05, 0) is 68.7 Å². The summed E-state index contributed by atoms with van der Waals surface area (Å²) < 4.78 is 5.92. The average molecular weight is 411 g/mol. The number of rotatable bonds is 7. The Labute approximate surface area is 177 Å². The fourth-order valence-electron chi connectivity index (χ4n) is 2.45. The van der Waals surface area contributed by atoms with Gasteiger partial charge in [-0.2, -0.15) is 5.10 Å². The first kappa shape index (κ1) is 22.1. The van der Waals surface area contributed by atoms with E-state index in [1.165, 1.54) is 11.1 Å². The van der Waals surface area contributed by atoms with Gasteiger partial charge in [0.05, 0.1) is 5.76 Å². The molecule has 152 valence electrons. The summed E-state index contributed by atoms with van der Waals surface area (Å²) in [7, 11) is 0. The van der Waals surface area contributed by atoms with E-state index < -0.39 is 0 Å². The van der Waals surface area contributed by atoms with Gasteiger partial charge in [0.15, 0.2) is 5.11 Å². The van der Waals surface area contributed by atoms with E-state index in [0.29, 0.717) is 17.9 Å². The van der Waals surface area contributed by atoms with Crippen LogP contribution in [0.1, 0.15) is 42.3 Å². The Hall–Kier alpha value is -3.19. The predicted octanol–water partition coefficient (Wildman–Crippen LogP) is 4.52. The van der Waals surface area contributed by atoms with Crippen LogP contribution in [-0.2, 0) is 6.54 Å². The number of hydrogen-bond acceptors (Lipinski definition) is 5. The van der Waals surface area contributed by atoms with Crippen LogP contribution in [-0.4, -0.2) is 17.7 Å². The molecule has 0 saturated carbocycles. The fourth-order valence-corrected chi connectivity index (χ4v) is 2.61. The first-order chi connectivity index (χ1) is 13.8. The van der Waals surface area contributed by atoms with E-state index >= 15 is 0 Å². The van der Waals surface area contributed by atoms with Crippen molar-refractivity contribution in [3.05, 3.63) is 70.5 Å². The molecule has 1 amide bonds. The van der Waals surface area contributed by atoms with Crippen LogP contribution in [0.15, 0.2) is 58.9 Å². The quantitative estimate of drug-likeness (QED) is 0.271. The molecule has 0 saturated heterocycles. The topological polar surface area (TPSA) is 74.8 Å². The monoisotopic (exact) mass is 410 g/mol. The van der Waals surface area contributed by atoms with Crippen LogP contribution in [0.2, 0.25) is 0 Å². The number of allylic oxidation sites excluding steroid dienone is 2. The summed E-state index contributed by atoms with van der Waals surface area (Å²) in [6.07, 6.45) is 0. The number of ether oxygens (including phenoxy) is 1. The zero-order valence-corrected chi connectivity index (χ0v) is 17.9. The number of carbonyl (C=O) groups is 1. The largest absolute Gasteiger partial charge is 0.462 e. The second-order valence-corrected chi connectivity index (χ2v) is 7.15. The second kappa shape index (κ2) is 10.4. The lowest BCUT2D eigenvalue weighted by Crippen LogP contribution is -2.36. The first-order valence-corrected chi connectivity index (χ1v) is 9.53. The lowest BCUT2D eigenvalue weighted by molar-refractivity contribution is 0.0976. The molecule has 6 nitrogen and oxygen atoms in total. The average Bonchev–Trinajstić information content (AvgIpc) is 2.67. The van der Waals surface area contributed by atoms with E-state index in [2.05, 4.69) is 46.9 Å². The predicted molar refractivity (Wildman–Crippen MR) is 122 cm³/mol. The summed E-state index contributed by atoms with van der Waals surface area (Å²) >= 11 is 5.00. The van der Waals surface area contributed by atoms with Crippen molar-refractivity contribution in [1.82, 2.24) is 10.7 Å². The van der Waals surface area contributed by atoms with E-state index in [1.54, 1.807) is 12.1 Å². The van der Waals surface area contributed by atoms with Crippen LogP contribution in [0, 0.1) is 6.92 Å². The molecule has 2 aromatic carbocycles. The van der Waals surface area contributed by atoms with E-state index in [9.17, 15) is 4.79 Å². The molecule has 0 unspecified atom stereocenters. The number of anilines is 1. The van der Waals surface area contributed by atoms with E-state index in [4.69, 9.17) is 17.0 Å². The number of carbonyl (C=O) groups excluding carboxylic acids is 1. The van der Waals surface area contributed by atoms with E-state index in [-0.39, 0.29) is 11.0 Å². The maximum absolute atomic E-state index is 12.6. The molecule has 0 fully saturated rings. The molecular weight excluding hydrogens is 384 g/mol. The highest BCUT2D eigenvalue weighted by Crippen LogP contribution is 2.24. The molecule has 0 atom stereocenters. The highest BCUT2D eigenvalue weighted by Gasteiger charge is 2.12. The molecule has 2 rings (SSSR count). The molecule has 7 heteroatoms. The number of nitrogens with zero attached hydrogens (tertiary/aromatic N) is 1. The van der Waals surface area contributed by atoms with Gasteiger partial charge in [0.2, 0.25) is 0 Å². The van der Waals surface area contributed by atoms with Crippen LogP contribution in [0.3, 0.4) is 0 Å². The second-order valence-electron chi connectivity index (χ2n) is 6.74. The van der Waals surface area contributed by atoms with Crippen molar-refractivity contribution >= 4 is 35.6 Å². The lowest BCUT2D eigenvalue weighted by atomic mass is 10.1. The van der Waals surface area contributed by atoms with Gasteiger partial charge in [0, 0.05) is 30.6 Å². The van der Waals surface area contributed by atoms with Gasteiger partial charge in [-0.1, -0.05) is 24.3 Å². The molecule has 2 aromatic rings. The maximum atomic E-state index is 12.6. The zero-order chi connectivity index (χ0) is 21.4. The van der Waals surface area contributed by atoms with Gasteiger partial charge in [-0.25, -0.2) is 0 Å². The molecule has 0 heterocycles. The van der Waals surface area contributed by atoms with Crippen molar-refractivity contribution in [3.63, 3.8) is 0 Å². The summed E-state index contributed by atoms with van der Waals surface area (Å²) in [4.78, 5) is 12.6. The van der Waals surface area contributed by atoms with Crippen molar-refractivity contribution < 1.29 is 9.53 Å². The summed E-state index contributed by atoms with van der Waals surface area (Å²) in [5.74, 6) is 0.968. The summed E-state index contributed by atoms with van der Waals surface area (Å²) in [6.45, 7) is 11.8. The van der Waals surface area contributed by atoms with Gasteiger partial charge in [-0.3, -0.25) is 15.5 Å². The third-order valence-corrected chi connectivity index (χ3v) is 4.49. The van der Waals surface area contributed by atoms with Crippen LogP contribution in [0.4, 0.5) is 5.69 Å². The first-order valence-electron chi connectivity index (χ1n) is 9.12. The van der Waals surface area contributed by atoms with Gasteiger partial charge >= 0.3 is 0 Å². The van der Waals surface area contributed by atoms with E-state index in [0.717, 1.165) is 17.0 Å². The van der Waals surface area contributed by atoms with Crippen LogP contribution >= 0.6 is 12.2 Å². The highest BCUT2D eigenvalue weighted by molar-refractivity contribution is 7.80. The van der Waals surface area contributed by atoms with Crippen molar-refractivity contribution in [2.45, 2.75) is 34.2 Å². The van der Waals surface area contributed by atoms with Gasteiger partial charge in [0.1, 0.15) is 5.75 Å². The van der Waals surface area contributed by atoms with Crippen molar-refractivity contribution in [1.29, 1.82) is 0 Å². The lowest BCUT2D eigenvalue weighted by Gasteiger charge is -2.14. The Morgan fingerprint density at radius 1 is 1.17 bits per heavy atom.